The molecule has 7 nitrogen and oxygen atoms in total. The number of nitrogens with zero attached hydrogens (tertiary/aromatic N) is 3. The molecule has 0 spiro atoms. The van der Waals surface area contributed by atoms with E-state index in [-0.39, 0.29) is 17.9 Å². The van der Waals surface area contributed by atoms with Gasteiger partial charge in [0.2, 0.25) is 0 Å². The smallest absolute Gasteiger partial charge is 0.356 e. The van der Waals surface area contributed by atoms with Crippen LogP contribution in [0.25, 0.3) is 0 Å². The lowest BCUT2D eigenvalue weighted by atomic mass is 10.2. The molecule has 0 bridgehead atoms. The van der Waals surface area contributed by atoms with E-state index in [4.69, 9.17) is 5.11 Å². The number of aromatic carboxylic acids is 1. The van der Waals surface area contributed by atoms with Crippen molar-refractivity contribution < 1.29 is 14.8 Å². The van der Waals surface area contributed by atoms with Gasteiger partial charge in [0, 0.05) is 22.3 Å². The van der Waals surface area contributed by atoms with E-state index in [1.807, 2.05) is 0 Å². The second-order valence-electron chi connectivity index (χ2n) is 3.77. The van der Waals surface area contributed by atoms with Gasteiger partial charge in [0.15, 0.2) is 5.69 Å². The maximum atomic E-state index is 10.9. The third kappa shape index (κ3) is 2.97. The van der Waals surface area contributed by atoms with Gasteiger partial charge in [0.05, 0.1) is 17.8 Å². The van der Waals surface area contributed by atoms with Crippen molar-refractivity contribution in [3.05, 3.63) is 56.6 Å². The van der Waals surface area contributed by atoms with Crippen LogP contribution in [0.2, 0.25) is 0 Å². The highest BCUT2D eigenvalue weighted by Gasteiger charge is 2.15. The molecule has 0 atom stereocenters. The second-order valence-corrected chi connectivity index (χ2v) is 4.68. The van der Waals surface area contributed by atoms with E-state index in [2.05, 4.69) is 20.9 Å². The highest BCUT2D eigenvalue weighted by Crippen LogP contribution is 2.24. The molecule has 1 heterocycles. The monoisotopic (exact) mass is 325 g/mol. The van der Waals surface area contributed by atoms with Gasteiger partial charge < -0.3 is 9.67 Å². The first kappa shape index (κ1) is 13.2. The number of rotatable bonds is 4. The first-order chi connectivity index (χ1) is 8.97. The molecular weight excluding hydrogens is 318 g/mol. The molecule has 1 aromatic carbocycles. The average Bonchev–Trinajstić information content (AvgIpc) is 2.80. The average molecular weight is 326 g/mol. The van der Waals surface area contributed by atoms with Crippen LogP contribution in [0.5, 0.6) is 0 Å². The van der Waals surface area contributed by atoms with Crippen LogP contribution in [0.4, 0.5) is 5.69 Å². The Morgan fingerprint density at radius 3 is 2.84 bits per heavy atom. The van der Waals surface area contributed by atoms with Crippen molar-refractivity contribution in [1.29, 1.82) is 0 Å². The van der Waals surface area contributed by atoms with E-state index in [1.165, 1.54) is 23.2 Å². The standard InChI is InChI=1S/C11H8BrN3O4/c12-8-2-1-7(10(3-8)15(18)19)4-14-5-9(11(16)17)13-6-14/h1-3,5-6H,4H2,(H,16,17). The largest absolute Gasteiger partial charge is 0.476 e. The normalized spacial score (nSPS) is 10.4. The summed E-state index contributed by atoms with van der Waals surface area (Å²) in [5.74, 6) is -1.14. The number of imidazole rings is 1. The minimum atomic E-state index is -1.14. The Morgan fingerprint density at radius 1 is 1.53 bits per heavy atom. The van der Waals surface area contributed by atoms with Gasteiger partial charge in [-0.3, -0.25) is 10.1 Å². The predicted octanol–water partition coefficient (Wildman–Crippen LogP) is 2.30. The van der Waals surface area contributed by atoms with E-state index in [0.29, 0.717) is 10.0 Å². The van der Waals surface area contributed by atoms with Crippen molar-refractivity contribution in [2.75, 3.05) is 0 Å². The van der Waals surface area contributed by atoms with Crippen molar-refractivity contribution in [2.45, 2.75) is 6.54 Å². The number of carboxylic acid groups (broad SMARTS) is 1. The highest BCUT2D eigenvalue weighted by molar-refractivity contribution is 9.10. The molecule has 0 saturated carbocycles. The molecule has 0 saturated heterocycles. The molecule has 0 aliphatic carbocycles. The highest BCUT2D eigenvalue weighted by atomic mass is 79.9. The number of hydrogen-bond acceptors (Lipinski definition) is 4. The van der Waals surface area contributed by atoms with Crippen LogP contribution in [-0.2, 0) is 6.54 Å². The van der Waals surface area contributed by atoms with Crippen molar-refractivity contribution in [3.63, 3.8) is 0 Å². The van der Waals surface area contributed by atoms with Gasteiger partial charge in [-0.15, -0.1) is 0 Å². The van der Waals surface area contributed by atoms with E-state index < -0.39 is 10.9 Å². The summed E-state index contributed by atoms with van der Waals surface area (Å²) < 4.78 is 2.10. The molecule has 1 aromatic heterocycles. The molecule has 8 heteroatoms. The number of hydrogen-bond donors (Lipinski definition) is 1. The summed E-state index contributed by atoms with van der Waals surface area (Å²) >= 11 is 3.17. The number of halogens is 1. The molecule has 0 aliphatic rings. The minimum Gasteiger partial charge on any atom is -0.476 e. The van der Waals surface area contributed by atoms with Crippen LogP contribution in [0.3, 0.4) is 0 Å². The Morgan fingerprint density at radius 2 is 2.26 bits per heavy atom. The van der Waals surface area contributed by atoms with Crippen LogP contribution in [-0.4, -0.2) is 25.6 Å². The van der Waals surface area contributed by atoms with Gasteiger partial charge in [0.25, 0.3) is 5.69 Å². The summed E-state index contributed by atoms with van der Waals surface area (Å²) in [5, 5.41) is 19.7. The lowest BCUT2D eigenvalue weighted by Gasteiger charge is -2.04. The molecule has 0 fully saturated rings. The zero-order chi connectivity index (χ0) is 14.0. The number of nitro benzene ring substituents is 1. The Labute approximate surface area is 115 Å². The van der Waals surface area contributed by atoms with Gasteiger partial charge in [-0.1, -0.05) is 15.9 Å². The van der Waals surface area contributed by atoms with E-state index in [9.17, 15) is 14.9 Å². The number of nitro groups is 1. The summed E-state index contributed by atoms with van der Waals surface area (Å²) in [7, 11) is 0. The van der Waals surface area contributed by atoms with Crippen LogP contribution in [0, 0.1) is 10.1 Å². The van der Waals surface area contributed by atoms with Gasteiger partial charge in [-0.05, 0) is 12.1 Å². The molecule has 19 heavy (non-hydrogen) atoms. The summed E-state index contributed by atoms with van der Waals surface area (Å²) in [5.41, 5.74) is 0.349. The Bertz CT molecular complexity index is 653. The SMILES string of the molecule is O=C(O)c1cn(Cc2ccc(Br)cc2[N+](=O)[O-])cn1. The fourth-order valence-electron chi connectivity index (χ4n) is 1.59. The fourth-order valence-corrected chi connectivity index (χ4v) is 1.94. The number of benzene rings is 1. The molecular formula is C11H8BrN3O4. The van der Waals surface area contributed by atoms with Crippen LogP contribution in [0.1, 0.15) is 16.1 Å². The van der Waals surface area contributed by atoms with Gasteiger partial charge >= 0.3 is 5.97 Å². The maximum absolute atomic E-state index is 10.9. The number of aromatic nitrogens is 2. The maximum Gasteiger partial charge on any atom is 0.356 e. The Balaban J connectivity index is 2.32. The topological polar surface area (TPSA) is 98.3 Å². The van der Waals surface area contributed by atoms with Crippen LogP contribution < -0.4 is 0 Å². The van der Waals surface area contributed by atoms with E-state index in [1.54, 1.807) is 12.1 Å². The molecule has 0 aliphatic heterocycles. The Kier molecular flexibility index (Phi) is 3.61. The molecule has 0 radical (unpaired) electrons. The van der Waals surface area contributed by atoms with Gasteiger partial charge in [-0.2, -0.15) is 0 Å². The first-order valence-electron chi connectivity index (χ1n) is 5.15. The molecule has 0 amide bonds. The van der Waals surface area contributed by atoms with Crippen LogP contribution >= 0.6 is 15.9 Å². The quantitative estimate of drug-likeness (QED) is 0.687. The zero-order valence-electron chi connectivity index (χ0n) is 9.49. The molecule has 1 N–H and O–H groups in total. The summed E-state index contributed by atoms with van der Waals surface area (Å²) in [4.78, 5) is 24.9. The summed E-state index contributed by atoms with van der Waals surface area (Å²) in [6, 6.07) is 4.71. The number of carboxylic acids is 1. The number of carbonyl (C=O) groups is 1. The van der Waals surface area contributed by atoms with Crippen molar-refractivity contribution >= 4 is 27.6 Å². The van der Waals surface area contributed by atoms with Crippen molar-refractivity contribution in [3.8, 4) is 0 Å². The second kappa shape index (κ2) is 5.19. The lowest BCUT2D eigenvalue weighted by molar-refractivity contribution is -0.385. The molecule has 2 rings (SSSR count). The van der Waals surface area contributed by atoms with E-state index >= 15 is 0 Å². The fraction of sp³-hybridized carbons (Fsp3) is 0.0909. The molecule has 98 valence electrons. The zero-order valence-corrected chi connectivity index (χ0v) is 11.1. The summed E-state index contributed by atoms with van der Waals surface area (Å²) in [6.07, 6.45) is 2.66. The molecule has 0 unspecified atom stereocenters. The third-order valence-corrected chi connectivity index (χ3v) is 2.94. The van der Waals surface area contributed by atoms with Gasteiger partial charge in [0.1, 0.15) is 0 Å². The third-order valence-electron chi connectivity index (χ3n) is 2.45. The molecule has 2 aromatic rings. The van der Waals surface area contributed by atoms with Crippen molar-refractivity contribution in [2.24, 2.45) is 0 Å². The van der Waals surface area contributed by atoms with Crippen LogP contribution in [0.15, 0.2) is 35.2 Å². The predicted molar refractivity (Wildman–Crippen MR) is 69.1 cm³/mol. The summed E-state index contributed by atoms with van der Waals surface area (Å²) in [6.45, 7) is 0.184. The lowest BCUT2D eigenvalue weighted by Crippen LogP contribution is -2.02. The first-order valence-corrected chi connectivity index (χ1v) is 5.94. The van der Waals surface area contributed by atoms with Gasteiger partial charge in [-0.25, -0.2) is 9.78 Å². The minimum absolute atomic E-state index is 0.0278. The van der Waals surface area contributed by atoms with Crippen molar-refractivity contribution in [1.82, 2.24) is 9.55 Å². The Hall–Kier alpha value is -2.22. The van der Waals surface area contributed by atoms with E-state index in [0.717, 1.165) is 0 Å².